The van der Waals surface area contributed by atoms with Gasteiger partial charge in [-0.15, -0.1) is 0 Å². The summed E-state index contributed by atoms with van der Waals surface area (Å²) in [6, 6.07) is 8.94. The van der Waals surface area contributed by atoms with Gasteiger partial charge in [-0.05, 0) is 44.3 Å². The predicted octanol–water partition coefficient (Wildman–Crippen LogP) is 4.51. The highest BCUT2D eigenvalue weighted by molar-refractivity contribution is 5.25. The van der Waals surface area contributed by atoms with Gasteiger partial charge < -0.3 is 5.32 Å². The van der Waals surface area contributed by atoms with E-state index in [2.05, 4.69) is 36.5 Å². The molecule has 0 atom stereocenters. The van der Waals surface area contributed by atoms with Crippen molar-refractivity contribution in [1.29, 1.82) is 0 Å². The van der Waals surface area contributed by atoms with Gasteiger partial charge in [0.05, 0.1) is 0 Å². The third-order valence-electron chi connectivity index (χ3n) is 2.85. The molecule has 0 unspecified atom stereocenters. The second-order valence-corrected chi connectivity index (χ2v) is 3.94. The summed E-state index contributed by atoms with van der Waals surface area (Å²) < 4.78 is 0. The fourth-order valence-corrected chi connectivity index (χ4v) is 2.08. The van der Waals surface area contributed by atoms with Crippen molar-refractivity contribution < 1.29 is 0 Å². The van der Waals surface area contributed by atoms with Crippen LogP contribution in [0.1, 0.15) is 57.6 Å². The second kappa shape index (κ2) is 10.3. The smallest absolute Gasteiger partial charge is 0.00431 e. The zero-order valence-electron chi connectivity index (χ0n) is 12.2. The zero-order valence-corrected chi connectivity index (χ0v) is 12.2. The number of rotatable bonds is 1. The largest absolute Gasteiger partial charge is 0.317 e. The Morgan fingerprint density at radius 2 is 1.59 bits per heavy atom. The average molecular weight is 235 g/mol. The van der Waals surface area contributed by atoms with Crippen molar-refractivity contribution in [3.8, 4) is 0 Å². The standard InChI is InChI=1S/C12H17N.2C2H6/c1-10-3-2-4-12(9-10)11-5-7-13-8-6-11;2*1-2/h2-4,9,11,13H,5-8H2,1H3;2*1-2H3. The van der Waals surface area contributed by atoms with Crippen LogP contribution in [0, 0.1) is 6.92 Å². The van der Waals surface area contributed by atoms with E-state index < -0.39 is 0 Å². The van der Waals surface area contributed by atoms with Crippen LogP contribution in [0.25, 0.3) is 0 Å². The second-order valence-electron chi connectivity index (χ2n) is 3.94. The fraction of sp³-hybridized carbons (Fsp3) is 0.625. The first-order valence-electron chi connectivity index (χ1n) is 7.13. The quantitative estimate of drug-likeness (QED) is 0.755. The molecule has 1 N–H and O–H groups in total. The van der Waals surface area contributed by atoms with E-state index >= 15 is 0 Å². The summed E-state index contributed by atoms with van der Waals surface area (Å²) in [6.45, 7) is 12.5. The van der Waals surface area contributed by atoms with Crippen LogP contribution in [-0.2, 0) is 0 Å². The van der Waals surface area contributed by atoms with Gasteiger partial charge in [0.2, 0.25) is 0 Å². The van der Waals surface area contributed by atoms with Crippen molar-refractivity contribution in [2.75, 3.05) is 13.1 Å². The van der Waals surface area contributed by atoms with Crippen molar-refractivity contribution in [3.63, 3.8) is 0 Å². The highest BCUT2D eigenvalue weighted by Gasteiger charge is 2.14. The summed E-state index contributed by atoms with van der Waals surface area (Å²) >= 11 is 0. The summed E-state index contributed by atoms with van der Waals surface area (Å²) in [4.78, 5) is 0. The lowest BCUT2D eigenvalue weighted by atomic mass is 9.89. The molecule has 0 radical (unpaired) electrons. The van der Waals surface area contributed by atoms with Gasteiger partial charge in [-0.1, -0.05) is 57.5 Å². The molecule has 1 aliphatic rings. The molecule has 1 saturated heterocycles. The van der Waals surface area contributed by atoms with Gasteiger partial charge in [-0.2, -0.15) is 0 Å². The van der Waals surface area contributed by atoms with E-state index in [0.29, 0.717) is 0 Å². The van der Waals surface area contributed by atoms with Gasteiger partial charge in [0.1, 0.15) is 0 Å². The van der Waals surface area contributed by atoms with Gasteiger partial charge in [-0.25, -0.2) is 0 Å². The van der Waals surface area contributed by atoms with Gasteiger partial charge >= 0.3 is 0 Å². The van der Waals surface area contributed by atoms with Crippen molar-refractivity contribution in [2.45, 2.75) is 53.4 Å². The lowest BCUT2D eigenvalue weighted by molar-refractivity contribution is 0.460. The summed E-state index contributed by atoms with van der Waals surface area (Å²) in [6.07, 6.45) is 2.59. The highest BCUT2D eigenvalue weighted by Crippen LogP contribution is 2.25. The van der Waals surface area contributed by atoms with E-state index in [9.17, 15) is 0 Å². The Morgan fingerprint density at radius 3 is 2.12 bits per heavy atom. The number of benzene rings is 1. The van der Waals surface area contributed by atoms with Crippen molar-refractivity contribution in [3.05, 3.63) is 35.4 Å². The summed E-state index contributed by atoms with van der Waals surface area (Å²) in [5.41, 5.74) is 2.91. The predicted molar refractivity (Wildman–Crippen MR) is 78.7 cm³/mol. The van der Waals surface area contributed by atoms with Crippen LogP contribution in [0.3, 0.4) is 0 Å². The number of hydrogen-bond donors (Lipinski definition) is 1. The molecule has 1 aromatic rings. The summed E-state index contributed by atoms with van der Waals surface area (Å²) in [5, 5.41) is 3.40. The SMILES string of the molecule is CC.CC.Cc1cccc(C2CCNCC2)c1. The van der Waals surface area contributed by atoms with E-state index in [1.807, 2.05) is 27.7 Å². The number of aryl methyl sites for hydroxylation is 1. The van der Waals surface area contributed by atoms with Crippen LogP contribution in [0.5, 0.6) is 0 Å². The van der Waals surface area contributed by atoms with Crippen LogP contribution < -0.4 is 5.32 Å². The maximum atomic E-state index is 3.40. The molecule has 1 aromatic carbocycles. The maximum absolute atomic E-state index is 3.40. The van der Waals surface area contributed by atoms with Crippen LogP contribution in [0.2, 0.25) is 0 Å². The van der Waals surface area contributed by atoms with Gasteiger partial charge in [0.25, 0.3) is 0 Å². The Morgan fingerprint density at radius 1 is 1.00 bits per heavy atom. The van der Waals surface area contributed by atoms with E-state index in [0.717, 1.165) is 5.92 Å². The Hall–Kier alpha value is -0.820. The first-order chi connectivity index (χ1) is 8.36. The molecule has 0 amide bonds. The lowest BCUT2D eigenvalue weighted by Crippen LogP contribution is -2.26. The van der Waals surface area contributed by atoms with E-state index in [1.54, 1.807) is 0 Å². The third-order valence-corrected chi connectivity index (χ3v) is 2.85. The number of hydrogen-bond acceptors (Lipinski definition) is 1. The normalized spacial score (nSPS) is 15.1. The molecule has 0 aliphatic carbocycles. The lowest BCUT2D eigenvalue weighted by Gasteiger charge is -2.23. The fourth-order valence-electron chi connectivity index (χ4n) is 2.08. The minimum Gasteiger partial charge on any atom is -0.317 e. The van der Waals surface area contributed by atoms with Crippen molar-refractivity contribution in [1.82, 2.24) is 5.32 Å². The molecule has 1 aliphatic heterocycles. The Kier molecular flexibility index (Phi) is 9.84. The van der Waals surface area contributed by atoms with E-state index in [1.165, 1.54) is 37.1 Å². The first-order valence-corrected chi connectivity index (χ1v) is 7.13. The Bertz CT molecular complexity index is 275. The minimum atomic E-state index is 0.793. The molecule has 0 spiro atoms. The molecule has 17 heavy (non-hydrogen) atoms. The number of nitrogens with one attached hydrogen (secondary N) is 1. The Balaban J connectivity index is 0.000000581. The zero-order chi connectivity index (χ0) is 13.1. The average Bonchev–Trinajstić information content (AvgIpc) is 2.44. The van der Waals surface area contributed by atoms with Gasteiger partial charge in [-0.3, -0.25) is 0 Å². The number of piperidine rings is 1. The molecule has 2 rings (SSSR count). The molecule has 98 valence electrons. The van der Waals surface area contributed by atoms with Gasteiger partial charge in [0.15, 0.2) is 0 Å². The topological polar surface area (TPSA) is 12.0 Å². The van der Waals surface area contributed by atoms with Crippen LogP contribution in [-0.4, -0.2) is 13.1 Å². The Labute approximate surface area is 108 Å². The highest BCUT2D eigenvalue weighted by atomic mass is 14.9. The molecule has 1 fully saturated rings. The molecule has 0 aromatic heterocycles. The maximum Gasteiger partial charge on any atom is -0.00431 e. The van der Waals surface area contributed by atoms with E-state index in [-0.39, 0.29) is 0 Å². The van der Waals surface area contributed by atoms with Crippen molar-refractivity contribution in [2.24, 2.45) is 0 Å². The molecular weight excluding hydrogens is 206 g/mol. The summed E-state index contributed by atoms with van der Waals surface area (Å²) in [7, 11) is 0. The van der Waals surface area contributed by atoms with Crippen molar-refractivity contribution >= 4 is 0 Å². The van der Waals surface area contributed by atoms with Crippen LogP contribution in [0.4, 0.5) is 0 Å². The molecule has 1 heterocycles. The molecule has 1 heteroatoms. The van der Waals surface area contributed by atoms with E-state index in [4.69, 9.17) is 0 Å². The minimum absolute atomic E-state index is 0.793. The van der Waals surface area contributed by atoms with Crippen LogP contribution >= 0.6 is 0 Å². The third kappa shape index (κ3) is 5.88. The molecule has 1 nitrogen and oxygen atoms in total. The van der Waals surface area contributed by atoms with Gasteiger partial charge in [0, 0.05) is 0 Å². The molecule has 0 bridgehead atoms. The van der Waals surface area contributed by atoms with Crippen LogP contribution in [0.15, 0.2) is 24.3 Å². The molecular formula is C16H29N. The summed E-state index contributed by atoms with van der Waals surface area (Å²) in [5.74, 6) is 0.793. The monoisotopic (exact) mass is 235 g/mol. The molecule has 0 saturated carbocycles. The first kappa shape index (κ1) is 16.2.